The van der Waals surface area contributed by atoms with Gasteiger partial charge in [0, 0.05) is 21.8 Å². The number of benzene rings is 4. The molecule has 4 aromatic carbocycles. The van der Waals surface area contributed by atoms with Crippen LogP contribution in [0.2, 0.25) is 0 Å². The Balaban J connectivity index is 1.50. The predicted octanol–water partition coefficient (Wildman–Crippen LogP) is 6.91. The number of rotatable bonds is 10. The summed E-state index contributed by atoms with van der Waals surface area (Å²) in [6.07, 6.45) is 2.28. The minimum Gasteiger partial charge on any atom is -0.325 e. The molecule has 0 fully saturated rings. The zero-order valence-corrected chi connectivity index (χ0v) is 23.2. The largest absolute Gasteiger partial charge is 0.325 e. The summed E-state index contributed by atoms with van der Waals surface area (Å²) < 4.78 is 0. The normalized spacial score (nSPS) is 11.8. The van der Waals surface area contributed by atoms with E-state index in [1.54, 1.807) is 36.4 Å². The zero-order chi connectivity index (χ0) is 28.3. The Hall–Kier alpha value is -4.62. The standard InChI is InChI=1S/C33H31N3O3S/c1-3-30(33(39)34-26-13-8-5-9-14-26)40-28-16-10-15-27(22-28)35-32(38)29(21-24-19-17-23(2)18-20-24)36-31(37)25-11-6-4-7-12-25/h4-22,30H,3H2,1-2H3,(H,34,39)(H,35,38)(H,36,37)/b29-21-. The molecule has 0 aliphatic heterocycles. The quantitative estimate of drug-likeness (QED) is 0.148. The summed E-state index contributed by atoms with van der Waals surface area (Å²) in [5, 5.41) is 8.30. The molecule has 0 aliphatic carbocycles. The lowest BCUT2D eigenvalue weighted by Gasteiger charge is -2.16. The van der Waals surface area contributed by atoms with E-state index in [9.17, 15) is 14.4 Å². The molecule has 0 saturated heterocycles. The number of nitrogens with one attached hydrogen (secondary N) is 3. The second-order valence-electron chi connectivity index (χ2n) is 9.14. The van der Waals surface area contributed by atoms with E-state index in [2.05, 4.69) is 16.0 Å². The minimum absolute atomic E-state index is 0.0833. The molecule has 0 heterocycles. The highest BCUT2D eigenvalue weighted by Crippen LogP contribution is 2.29. The third-order valence-electron chi connectivity index (χ3n) is 5.99. The van der Waals surface area contributed by atoms with E-state index in [1.165, 1.54) is 11.8 Å². The molecular weight excluding hydrogens is 518 g/mol. The van der Waals surface area contributed by atoms with Gasteiger partial charge in [0.05, 0.1) is 5.25 Å². The molecular formula is C33H31N3O3S. The fourth-order valence-electron chi connectivity index (χ4n) is 3.85. The van der Waals surface area contributed by atoms with Crippen molar-refractivity contribution in [2.75, 3.05) is 10.6 Å². The fraction of sp³-hybridized carbons (Fsp3) is 0.121. The molecule has 0 spiro atoms. The molecule has 1 atom stereocenters. The molecule has 4 rings (SSSR count). The maximum Gasteiger partial charge on any atom is 0.272 e. The van der Waals surface area contributed by atoms with Crippen LogP contribution in [0, 0.1) is 6.92 Å². The second kappa shape index (κ2) is 14.0. The van der Waals surface area contributed by atoms with Crippen molar-refractivity contribution in [1.29, 1.82) is 0 Å². The van der Waals surface area contributed by atoms with Gasteiger partial charge in [-0.05, 0) is 67.4 Å². The van der Waals surface area contributed by atoms with Crippen LogP contribution in [-0.4, -0.2) is 23.0 Å². The lowest BCUT2D eigenvalue weighted by Crippen LogP contribution is -2.30. The average Bonchev–Trinajstić information content (AvgIpc) is 2.97. The Morgan fingerprint density at radius 2 is 1.43 bits per heavy atom. The van der Waals surface area contributed by atoms with Gasteiger partial charge in [0.2, 0.25) is 5.91 Å². The van der Waals surface area contributed by atoms with Crippen LogP contribution in [0.15, 0.2) is 120 Å². The van der Waals surface area contributed by atoms with Gasteiger partial charge in [0.15, 0.2) is 0 Å². The van der Waals surface area contributed by atoms with E-state index in [-0.39, 0.29) is 22.8 Å². The molecule has 4 aromatic rings. The van der Waals surface area contributed by atoms with Crippen molar-refractivity contribution in [1.82, 2.24) is 5.32 Å². The van der Waals surface area contributed by atoms with Crippen LogP contribution in [0.1, 0.15) is 34.8 Å². The van der Waals surface area contributed by atoms with Crippen LogP contribution < -0.4 is 16.0 Å². The lowest BCUT2D eigenvalue weighted by atomic mass is 10.1. The average molecular weight is 550 g/mol. The summed E-state index contributed by atoms with van der Waals surface area (Å²) in [5.74, 6) is -0.922. The van der Waals surface area contributed by atoms with E-state index >= 15 is 0 Å². The number of carbonyl (C=O) groups is 3. The molecule has 3 amide bonds. The monoisotopic (exact) mass is 549 g/mol. The molecule has 40 heavy (non-hydrogen) atoms. The third-order valence-corrected chi connectivity index (χ3v) is 7.35. The molecule has 7 heteroatoms. The van der Waals surface area contributed by atoms with Gasteiger partial charge >= 0.3 is 0 Å². The molecule has 0 saturated carbocycles. The van der Waals surface area contributed by atoms with Gasteiger partial charge in [0.1, 0.15) is 5.70 Å². The van der Waals surface area contributed by atoms with Gasteiger partial charge in [-0.3, -0.25) is 14.4 Å². The summed E-state index contributed by atoms with van der Waals surface area (Å²) in [4.78, 5) is 40.0. The maximum atomic E-state index is 13.4. The predicted molar refractivity (Wildman–Crippen MR) is 163 cm³/mol. The van der Waals surface area contributed by atoms with E-state index in [4.69, 9.17) is 0 Å². The lowest BCUT2D eigenvalue weighted by molar-refractivity contribution is -0.116. The Labute approximate surface area is 238 Å². The van der Waals surface area contributed by atoms with Crippen molar-refractivity contribution in [3.63, 3.8) is 0 Å². The first-order valence-corrected chi connectivity index (χ1v) is 13.9. The highest BCUT2D eigenvalue weighted by molar-refractivity contribution is 8.00. The number of carbonyl (C=O) groups excluding carboxylic acids is 3. The van der Waals surface area contributed by atoms with Gasteiger partial charge < -0.3 is 16.0 Å². The van der Waals surface area contributed by atoms with Gasteiger partial charge in [-0.1, -0.05) is 79.2 Å². The van der Waals surface area contributed by atoms with Crippen molar-refractivity contribution in [3.8, 4) is 0 Å². The summed E-state index contributed by atoms with van der Waals surface area (Å²) in [6, 6.07) is 33.1. The number of hydrogen-bond donors (Lipinski definition) is 3. The third kappa shape index (κ3) is 8.19. The molecule has 202 valence electrons. The van der Waals surface area contributed by atoms with Gasteiger partial charge in [0.25, 0.3) is 11.8 Å². The van der Waals surface area contributed by atoms with Gasteiger partial charge in [-0.15, -0.1) is 11.8 Å². The van der Waals surface area contributed by atoms with E-state index in [1.807, 2.05) is 92.7 Å². The summed E-state index contributed by atoms with van der Waals surface area (Å²) in [5.41, 5.74) is 3.74. The minimum atomic E-state index is -0.458. The molecule has 0 aliphatic rings. The van der Waals surface area contributed by atoms with Crippen LogP contribution in [0.25, 0.3) is 6.08 Å². The molecule has 6 nitrogen and oxygen atoms in total. The van der Waals surface area contributed by atoms with Crippen LogP contribution in [-0.2, 0) is 9.59 Å². The van der Waals surface area contributed by atoms with Crippen LogP contribution in [0.3, 0.4) is 0 Å². The van der Waals surface area contributed by atoms with Crippen molar-refractivity contribution < 1.29 is 14.4 Å². The molecule has 0 radical (unpaired) electrons. The molecule has 3 N–H and O–H groups in total. The number of amides is 3. The summed E-state index contributed by atoms with van der Waals surface area (Å²) >= 11 is 1.43. The Kier molecular flexibility index (Phi) is 9.91. The number of thioether (sulfide) groups is 1. The topological polar surface area (TPSA) is 87.3 Å². The van der Waals surface area contributed by atoms with E-state index in [0.29, 0.717) is 17.7 Å². The van der Waals surface area contributed by atoms with E-state index in [0.717, 1.165) is 21.7 Å². The summed E-state index contributed by atoms with van der Waals surface area (Å²) in [7, 11) is 0. The molecule has 0 aromatic heterocycles. The smallest absolute Gasteiger partial charge is 0.272 e. The summed E-state index contributed by atoms with van der Waals surface area (Å²) in [6.45, 7) is 3.95. The van der Waals surface area contributed by atoms with Gasteiger partial charge in [-0.2, -0.15) is 0 Å². The van der Waals surface area contributed by atoms with Crippen LogP contribution >= 0.6 is 11.8 Å². The zero-order valence-electron chi connectivity index (χ0n) is 22.4. The maximum absolute atomic E-state index is 13.4. The Morgan fingerprint density at radius 1 is 0.775 bits per heavy atom. The highest BCUT2D eigenvalue weighted by atomic mass is 32.2. The molecule has 0 bridgehead atoms. The number of anilines is 2. The van der Waals surface area contributed by atoms with Crippen LogP contribution in [0.5, 0.6) is 0 Å². The van der Waals surface area contributed by atoms with Crippen molar-refractivity contribution >= 4 is 46.9 Å². The SMILES string of the molecule is CCC(Sc1cccc(NC(=O)/C(=C/c2ccc(C)cc2)NC(=O)c2ccccc2)c1)C(=O)Nc1ccccc1. The Morgan fingerprint density at radius 3 is 2.10 bits per heavy atom. The fourth-order valence-corrected chi connectivity index (χ4v) is 4.86. The van der Waals surface area contributed by atoms with Crippen LogP contribution in [0.4, 0.5) is 11.4 Å². The highest BCUT2D eigenvalue weighted by Gasteiger charge is 2.19. The van der Waals surface area contributed by atoms with Gasteiger partial charge in [-0.25, -0.2) is 0 Å². The van der Waals surface area contributed by atoms with Crippen molar-refractivity contribution in [2.45, 2.75) is 30.4 Å². The first-order chi connectivity index (χ1) is 19.4. The number of aryl methyl sites for hydroxylation is 1. The Bertz CT molecular complexity index is 1490. The second-order valence-corrected chi connectivity index (χ2v) is 10.4. The number of hydrogen-bond acceptors (Lipinski definition) is 4. The first-order valence-electron chi connectivity index (χ1n) is 13.0. The van der Waals surface area contributed by atoms with Crippen molar-refractivity contribution in [3.05, 3.63) is 132 Å². The first kappa shape index (κ1) is 28.4. The van der Waals surface area contributed by atoms with Crippen molar-refractivity contribution in [2.24, 2.45) is 0 Å². The van der Waals surface area contributed by atoms with E-state index < -0.39 is 5.91 Å². The molecule has 1 unspecified atom stereocenters. The number of para-hydroxylation sites is 1.